The van der Waals surface area contributed by atoms with Crippen LogP contribution in [0.3, 0.4) is 0 Å². The number of hydrogen-bond donors (Lipinski definition) is 14. The molecule has 3 fully saturated rings. The second kappa shape index (κ2) is 27.9. The number of carbonyl (C=O) groups excluding carboxylic acids is 8. The zero-order chi connectivity index (χ0) is 53.8. The number of rotatable bonds is 15. The van der Waals surface area contributed by atoms with Crippen molar-refractivity contribution in [2.45, 2.75) is 112 Å². The molecule has 15 N–H and O–H groups in total. The molecule has 2 aromatic rings. The molecular weight excluding hydrogens is 1020 g/mol. The second-order valence-corrected chi connectivity index (χ2v) is 18.0. The molecule has 0 aliphatic carbocycles. The zero-order valence-electron chi connectivity index (χ0n) is 39.9. The minimum Gasteiger partial charge on any atom is -0.691 e. The smallest absolute Gasteiger partial charge is 0.691 e. The number of ether oxygens (including phenoxy) is 1. The van der Waals surface area contributed by atoms with Gasteiger partial charge < -0.3 is 97.1 Å². The van der Waals surface area contributed by atoms with Gasteiger partial charge in [0.25, 0.3) is 18.2 Å². The average molecular weight is 1080 g/mol. The van der Waals surface area contributed by atoms with Crippen LogP contribution in [0.5, 0.6) is 17.2 Å². The third-order valence-electron chi connectivity index (χ3n) is 12.1. The molecule has 0 bridgehead atoms. The Labute approximate surface area is 447 Å². The number of nitrogens with two attached hydrogens (primary N) is 1. The Bertz CT molecular complexity index is 2310. The van der Waals surface area contributed by atoms with Crippen molar-refractivity contribution in [1.82, 2.24) is 36.4 Å². The summed E-state index contributed by atoms with van der Waals surface area (Å²) in [5, 5.41) is 114. The molecule has 74 heavy (non-hydrogen) atoms. The largest absolute Gasteiger partial charge is 1.00 e. The first kappa shape index (κ1) is 61.1. The van der Waals surface area contributed by atoms with E-state index < -0.39 is 189 Å². The zero-order valence-corrected chi connectivity index (χ0v) is 42.7. The first-order valence-corrected chi connectivity index (χ1v) is 23.1. The van der Waals surface area contributed by atoms with E-state index in [-0.39, 0.29) is 53.2 Å². The van der Waals surface area contributed by atoms with Gasteiger partial charge in [-0.25, -0.2) is 0 Å². The number of hydrogen-bond acceptors (Lipinski definition) is 22. The predicted octanol–water partition coefficient (Wildman–Crippen LogP) is -10.4. The van der Waals surface area contributed by atoms with Gasteiger partial charge in [0.05, 0.1) is 36.9 Å². The molecule has 14 atom stereocenters. The maximum Gasteiger partial charge on any atom is 1.00 e. The van der Waals surface area contributed by atoms with E-state index in [9.17, 15) is 84.5 Å². The maximum absolute atomic E-state index is 14.5. The van der Waals surface area contributed by atoms with E-state index in [1.807, 2.05) is 0 Å². The number of nitrogens with zero attached hydrogens (tertiary/aromatic N) is 2. The fourth-order valence-electron chi connectivity index (χ4n) is 8.34. The number of primary amides is 1. The third kappa shape index (κ3) is 15.8. The number of β-amino-alcohol motifs (C(OH)–C–C–N with tert-alkyl or cyclic N) is 1. The SMILES string of the molecule is CC(O)C1NC(=O)C(NC(=O)COc2ccccc2)CC(O)CNC(=O)C2C(O)C(C)CN2C(=O)C(C(O)CC(N)=O)NC(=O)C(C(O)C(O)c2ccc(O)c(OSOO[O-])c2)NC(=O)C2CC(O)CN2C1=O.[Na+]. The van der Waals surface area contributed by atoms with Crippen molar-refractivity contribution >= 4 is 59.6 Å². The number of nitrogens with one attached hydrogen (secondary N) is 5. The van der Waals surface area contributed by atoms with Crippen molar-refractivity contribution < 1.29 is 132 Å². The molecule has 402 valence electrons. The number of para-hydroxylation sites is 1. The van der Waals surface area contributed by atoms with Crippen molar-refractivity contribution in [2.75, 3.05) is 26.2 Å². The van der Waals surface area contributed by atoms with Crippen LogP contribution in [-0.2, 0) is 47.7 Å². The Balaban J connectivity index is 0.0000119. The minimum atomic E-state index is -2.52. The van der Waals surface area contributed by atoms with Gasteiger partial charge in [-0.05, 0) is 36.8 Å². The van der Waals surface area contributed by atoms with Gasteiger partial charge >= 0.3 is 29.6 Å². The molecule has 3 heterocycles. The number of benzene rings is 2. The standard InChI is InChI=1S/C43H58N8O21S.Na/c1-18-15-51-34(35(18)59)41(65)45-14-21(53)11-24(46-30(58)17-69-23-6-4-3-5-7-23)38(62)47-31(19(2)52)42(66)50-16-22(54)12-25(50)39(63)49-33(40(64)48-32(43(51)67)27(56)13-29(44)57)37(61)36(60)20-8-9-26(55)28(10-20)70-73-72-71-68;/h3-10,18-19,21-22,24-25,27,31-37,52-56,59-61,68H,11-17H2,1-2H3,(H2,44,57)(H,45,65)(H,46,58)(H,47,62)(H,48,64)(H,49,63);/q;+1/p-1. The Kier molecular flexibility index (Phi) is 23.0. The van der Waals surface area contributed by atoms with Crippen LogP contribution in [0, 0.1) is 5.92 Å². The Morgan fingerprint density at radius 3 is 2.15 bits per heavy atom. The van der Waals surface area contributed by atoms with E-state index in [4.69, 9.17) is 14.7 Å². The Morgan fingerprint density at radius 2 is 1.50 bits per heavy atom. The molecule has 14 unspecified atom stereocenters. The summed E-state index contributed by atoms with van der Waals surface area (Å²) in [5.41, 5.74) is 4.97. The fraction of sp³-hybridized carbons (Fsp3) is 0.535. The molecule has 8 amide bonds. The van der Waals surface area contributed by atoms with Crippen LogP contribution in [0.25, 0.3) is 0 Å². The van der Waals surface area contributed by atoms with Gasteiger partial charge in [-0.2, -0.15) is 0 Å². The number of aromatic hydroxyl groups is 1. The van der Waals surface area contributed by atoms with Crippen molar-refractivity contribution in [1.29, 1.82) is 0 Å². The van der Waals surface area contributed by atoms with Crippen LogP contribution in [0.15, 0.2) is 48.5 Å². The van der Waals surface area contributed by atoms with E-state index in [0.717, 1.165) is 30.0 Å². The monoisotopic (exact) mass is 1080 g/mol. The number of phenols is 1. The van der Waals surface area contributed by atoms with Gasteiger partial charge in [0.15, 0.2) is 18.1 Å². The first-order valence-electron chi connectivity index (χ1n) is 22.5. The summed E-state index contributed by atoms with van der Waals surface area (Å²) in [7, 11) is 0. The number of phenolic OH excluding ortho intramolecular Hbond substituents is 1. The summed E-state index contributed by atoms with van der Waals surface area (Å²) < 4.78 is 14.4. The van der Waals surface area contributed by atoms with Crippen LogP contribution in [0.1, 0.15) is 44.8 Å². The molecule has 3 saturated heterocycles. The van der Waals surface area contributed by atoms with E-state index in [2.05, 4.69) is 36.0 Å². The van der Waals surface area contributed by atoms with Crippen LogP contribution in [0.2, 0.25) is 0 Å². The quantitative estimate of drug-likeness (QED) is 0.0259. The maximum atomic E-state index is 14.5. The number of amides is 8. The molecule has 0 saturated carbocycles. The molecule has 3 aliphatic rings. The molecule has 31 heteroatoms. The van der Waals surface area contributed by atoms with Crippen LogP contribution in [-0.4, -0.2) is 197 Å². The summed E-state index contributed by atoms with van der Waals surface area (Å²) >= 11 is -0.0856. The van der Waals surface area contributed by atoms with Crippen molar-refractivity contribution in [3.05, 3.63) is 54.1 Å². The van der Waals surface area contributed by atoms with E-state index in [0.29, 0.717) is 4.90 Å². The van der Waals surface area contributed by atoms with Gasteiger partial charge in [-0.3, -0.25) is 43.4 Å². The summed E-state index contributed by atoms with van der Waals surface area (Å²) in [6.45, 7) is 0.0380. The van der Waals surface area contributed by atoms with Crippen molar-refractivity contribution in [2.24, 2.45) is 11.7 Å². The van der Waals surface area contributed by atoms with Gasteiger partial charge in [-0.15, -0.1) is 4.33 Å². The van der Waals surface area contributed by atoms with Crippen molar-refractivity contribution in [3.8, 4) is 17.2 Å². The predicted molar refractivity (Wildman–Crippen MR) is 241 cm³/mol. The second-order valence-electron chi connectivity index (χ2n) is 17.5. The fourth-order valence-corrected chi connectivity index (χ4v) is 8.59. The number of carbonyl (C=O) groups is 8. The van der Waals surface area contributed by atoms with Gasteiger partial charge in [0, 0.05) is 38.4 Å². The van der Waals surface area contributed by atoms with E-state index >= 15 is 0 Å². The summed E-state index contributed by atoms with van der Waals surface area (Å²) in [6.07, 6.45) is -16.0. The third-order valence-corrected chi connectivity index (χ3v) is 12.4. The first-order chi connectivity index (χ1) is 34.5. The van der Waals surface area contributed by atoms with Crippen LogP contribution >= 0.6 is 12.3 Å². The van der Waals surface area contributed by atoms with Gasteiger partial charge in [-0.1, -0.05) is 31.2 Å². The molecule has 2 aromatic carbocycles. The number of aliphatic hydroxyl groups excluding tert-OH is 7. The average Bonchev–Trinajstić information content (AvgIpc) is 3.89. The molecule has 3 aliphatic heterocycles. The molecule has 29 nitrogen and oxygen atoms in total. The topological polar surface area (TPSA) is 451 Å². The van der Waals surface area contributed by atoms with Gasteiger partial charge in [0.1, 0.15) is 54.2 Å². The molecule has 0 aromatic heterocycles. The van der Waals surface area contributed by atoms with Gasteiger partial charge in [0.2, 0.25) is 41.4 Å². The molecule has 5 rings (SSSR count). The number of fused-ring (bicyclic) bond motifs is 2. The van der Waals surface area contributed by atoms with E-state index in [1.165, 1.54) is 19.1 Å². The van der Waals surface area contributed by atoms with Crippen LogP contribution < -0.4 is 76.1 Å². The minimum absolute atomic E-state index is 0. The molecular formula is C43H57N8NaO21S. The Morgan fingerprint density at radius 1 is 0.851 bits per heavy atom. The van der Waals surface area contributed by atoms with Crippen molar-refractivity contribution in [3.63, 3.8) is 0 Å². The molecule has 0 spiro atoms. The normalized spacial score (nSPS) is 28.0. The summed E-state index contributed by atoms with van der Waals surface area (Å²) in [6, 6.07) is -1.29. The summed E-state index contributed by atoms with van der Waals surface area (Å²) in [5.74, 6) is -11.7. The molecule has 0 radical (unpaired) electrons. The van der Waals surface area contributed by atoms with Crippen LogP contribution in [0.4, 0.5) is 0 Å². The Hall–Kier alpha value is -5.45. The summed E-state index contributed by atoms with van der Waals surface area (Å²) in [4.78, 5) is 112. The van der Waals surface area contributed by atoms with E-state index in [1.54, 1.807) is 18.2 Å². The number of aliphatic hydroxyl groups is 7.